The molecule has 1 aliphatic heterocycles. The van der Waals surface area contributed by atoms with Gasteiger partial charge in [-0.1, -0.05) is 11.3 Å². The van der Waals surface area contributed by atoms with E-state index < -0.39 is 0 Å². The molecule has 2 rings (SSSR count). The zero-order chi connectivity index (χ0) is 12.1. The summed E-state index contributed by atoms with van der Waals surface area (Å²) in [5.74, 6) is 0.700. The summed E-state index contributed by atoms with van der Waals surface area (Å²) in [7, 11) is 0. The second-order valence-electron chi connectivity index (χ2n) is 4.35. The quantitative estimate of drug-likeness (QED) is 0.715. The van der Waals surface area contributed by atoms with E-state index in [1.807, 2.05) is 0 Å². The Labute approximate surface area is 104 Å². The summed E-state index contributed by atoms with van der Waals surface area (Å²) in [6.07, 6.45) is 2.69. The van der Waals surface area contributed by atoms with E-state index in [2.05, 4.69) is 15.6 Å². The first kappa shape index (κ1) is 12.3. The molecule has 6 heteroatoms. The lowest BCUT2D eigenvalue weighted by Gasteiger charge is -2.07. The molecule has 17 heavy (non-hydrogen) atoms. The van der Waals surface area contributed by atoms with E-state index in [4.69, 9.17) is 0 Å². The molecule has 1 fully saturated rings. The Hall–Kier alpha value is -1.14. The first-order valence-electron chi connectivity index (χ1n) is 5.88. The summed E-state index contributed by atoms with van der Waals surface area (Å²) in [5, 5.41) is 7.84. The topological polar surface area (TPSA) is 74.0 Å². The molecule has 0 aromatic carbocycles. The van der Waals surface area contributed by atoms with Crippen molar-refractivity contribution in [2.75, 3.05) is 13.1 Å². The number of nitrogens with one attached hydrogen (secondary N) is 3. The summed E-state index contributed by atoms with van der Waals surface area (Å²) < 4.78 is 0. The average molecular weight is 255 g/mol. The SMILES string of the molecule is O=C(CCC1CCNC1)NCc1csc(=O)[nH]1. The predicted molar refractivity (Wildman–Crippen MR) is 67.0 cm³/mol. The molecule has 2 heterocycles. The monoisotopic (exact) mass is 255 g/mol. The molecule has 1 aromatic rings. The van der Waals surface area contributed by atoms with Crippen molar-refractivity contribution in [1.82, 2.24) is 15.6 Å². The van der Waals surface area contributed by atoms with Gasteiger partial charge in [0.1, 0.15) is 0 Å². The summed E-state index contributed by atoms with van der Waals surface area (Å²) in [6, 6.07) is 0. The van der Waals surface area contributed by atoms with Gasteiger partial charge in [-0.25, -0.2) is 0 Å². The second kappa shape index (κ2) is 5.97. The minimum Gasteiger partial charge on any atom is -0.351 e. The highest BCUT2D eigenvalue weighted by atomic mass is 32.1. The van der Waals surface area contributed by atoms with Crippen molar-refractivity contribution in [2.24, 2.45) is 5.92 Å². The molecule has 0 aliphatic carbocycles. The Morgan fingerprint density at radius 2 is 2.47 bits per heavy atom. The van der Waals surface area contributed by atoms with Gasteiger partial charge in [-0.05, 0) is 31.8 Å². The molecular formula is C11H17N3O2S. The zero-order valence-corrected chi connectivity index (χ0v) is 10.4. The van der Waals surface area contributed by atoms with E-state index in [1.54, 1.807) is 5.38 Å². The van der Waals surface area contributed by atoms with Gasteiger partial charge in [0.15, 0.2) is 0 Å². The molecule has 1 aliphatic rings. The Balaban J connectivity index is 1.65. The van der Waals surface area contributed by atoms with E-state index in [1.165, 1.54) is 6.42 Å². The van der Waals surface area contributed by atoms with E-state index in [0.717, 1.165) is 36.5 Å². The molecule has 3 N–H and O–H groups in total. The van der Waals surface area contributed by atoms with E-state index in [-0.39, 0.29) is 10.8 Å². The van der Waals surface area contributed by atoms with Gasteiger partial charge in [0, 0.05) is 17.5 Å². The minimum atomic E-state index is -0.0775. The van der Waals surface area contributed by atoms with Crippen molar-refractivity contribution in [3.63, 3.8) is 0 Å². The Kier molecular flexibility index (Phi) is 4.33. The van der Waals surface area contributed by atoms with E-state index in [9.17, 15) is 9.59 Å². The summed E-state index contributed by atoms with van der Waals surface area (Å²) in [4.78, 5) is 25.0. The number of thiazole rings is 1. The van der Waals surface area contributed by atoms with Crippen LogP contribution in [0.1, 0.15) is 25.0 Å². The van der Waals surface area contributed by atoms with Crippen LogP contribution in [0.15, 0.2) is 10.2 Å². The van der Waals surface area contributed by atoms with Gasteiger partial charge < -0.3 is 15.6 Å². The van der Waals surface area contributed by atoms with Crippen molar-refractivity contribution >= 4 is 17.2 Å². The fourth-order valence-electron chi connectivity index (χ4n) is 1.98. The number of amides is 1. The first-order chi connectivity index (χ1) is 8.24. The Bertz CT molecular complexity index is 420. The lowest BCUT2D eigenvalue weighted by molar-refractivity contribution is -0.121. The van der Waals surface area contributed by atoms with Gasteiger partial charge in [-0.15, -0.1) is 0 Å². The summed E-state index contributed by atoms with van der Waals surface area (Å²) in [6.45, 7) is 2.52. The van der Waals surface area contributed by atoms with Crippen LogP contribution in [-0.2, 0) is 11.3 Å². The van der Waals surface area contributed by atoms with Crippen molar-refractivity contribution in [3.8, 4) is 0 Å². The van der Waals surface area contributed by atoms with Gasteiger partial charge in [-0.3, -0.25) is 9.59 Å². The fraction of sp³-hybridized carbons (Fsp3) is 0.636. The number of carbonyl (C=O) groups excluding carboxylic acids is 1. The number of aromatic amines is 1. The summed E-state index contributed by atoms with van der Waals surface area (Å²) >= 11 is 1.12. The normalized spacial score (nSPS) is 19.4. The Morgan fingerprint density at radius 1 is 1.59 bits per heavy atom. The predicted octanol–water partition coefficient (Wildman–Crippen LogP) is 0.442. The molecule has 0 spiro atoms. The van der Waals surface area contributed by atoms with E-state index >= 15 is 0 Å². The number of hydrogen-bond donors (Lipinski definition) is 3. The number of hydrogen-bond acceptors (Lipinski definition) is 4. The molecule has 1 amide bonds. The molecule has 5 nitrogen and oxygen atoms in total. The Morgan fingerprint density at radius 3 is 3.12 bits per heavy atom. The highest BCUT2D eigenvalue weighted by molar-refractivity contribution is 7.07. The largest absolute Gasteiger partial charge is 0.351 e. The van der Waals surface area contributed by atoms with Gasteiger partial charge in [0.25, 0.3) is 0 Å². The zero-order valence-electron chi connectivity index (χ0n) is 9.62. The van der Waals surface area contributed by atoms with Crippen LogP contribution in [0.3, 0.4) is 0 Å². The van der Waals surface area contributed by atoms with Crippen LogP contribution in [0.25, 0.3) is 0 Å². The second-order valence-corrected chi connectivity index (χ2v) is 5.19. The highest BCUT2D eigenvalue weighted by Crippen LogP contribution is 2.13. The van der Waals surface area contributed by atoms with Crippen LogP contribution in [0.2, 0.25) is 0 Å². The smallest absolute Gasteiger partial charge is 0.304 e. The number of rotatable bonds is 5. The van der Waals surface area contributed by atoms with E-state index in [0.29, 0.717) is 18.9 Å². The van der Waals surface area contributed by atoms with Crippen molar-refractivity contribution in [3.05, 3.63) is 20.7 Å². The maximum Gasteiger partial charge on any atom is 0.304 e. The molecule has 0 radical (unpaired) electrons. The number of aromatic nitrogens is 1. The van der Waals surface area contributed by atoms with Crippen LogP contribution >= 0.6 is 11.3 Å². The van der Waals surface area contributed by atoms with Gasteiger partial charge >= 0.3 is 4.87 Å². The third-order valence-corrected chi connectivity index (χ3v) is 3.71. The van der Waals surface area contributed by atoms with Crippen LogP contribution in [0.5, 0.6) is 0 Å². The lowest BCUT2D eigenvalue weighted by atomic mass is 10.0. The van der Waals surface area contributed by atoms with Gasteiger partial charge in [-0.2, -0.15) is 0 Å². The molecule has 0 bridgehead atoms. The van der Waals surface area contributed by atoms with Crippen molar-refractivity contribution in [1.29, 1.82) is 0 Å². The molecule has 1 unspecified atom stereocenters. The third kappa shape index (κ3) is 3.98. The summed E-state index contributed by atoms with van der Waals surface area (Å²) in [5.41, 5.74) is 0.774. The van der Waals surface area contributed by atoms with Gasteiger partial charge in [0.2, 0.25) is 5.91 Å². The number of H-pyrrole nitrogens is 1. The maximum absolute atomic E-state index is 11.6. The molecular weight excluding hydrogens is 238 g/mol. The molecule has 1 aromatic heterocycles. The van der Waals surface area contributed by atoms with Crippen LogP contribution in [0, 0.1) is 5.92 Å². The van der Waals surface area contributed by atoms with Crippen LogP contribution in [0.4, 0.5) is 0 Å². The van der Waals surface area contributed by atoms with Crippen molar-refractivity contribution < 1.29 is 4.79 Å². The minimum absolute atomic E-state index is 0.0592. The maximum atomic E-state index is 11.6. The molecule has 1 atom stereocenters. The molecule has 94 valence electrons. The average Bonchev–Trinajstić information content (AvgIpc) is 2.95. The van der Waals surface area contributed by atoms with Crippen LogP contribution < -0.4 is 15.5 Å². The molecule has 1 saturated heterocycles. The van der Waals surface area contributed by atoms with Crippen LogP contribution in [-0.4, -0.2) is 24.0 Å². The first-order valence-corrected chi connectivity index (χ1v) is 6.76. The standard InChI is InChI=1S/C11H17N3O2S/c15-10(2-1-8-3-4-12-5-8)13-6-9-7-17-11(16)14-9/h7-8,12H,1-6H2,(H,13,15)(H,14,16). The molecule has 0 saturated carbocycles. The third-order valence-electron chi connectivity index (χ3n) is 2.99. The fourth-order valence-corrected chi connectivity index (χ4v) is 2.56. The lowest BCUT2D eigenvalue weighted by Crippen LogP contribution is -2.24. The van der Waals surface area contributed by atoms with Gasteiger partial charge in [0.05, 0.1) is 6.54 Å². The number of carbonyl (C=O) groups is 1. The highest BCUT2D eigenvalue weighted by Gasteiger charge is 2.15. The van der Waals surface area contributed by atoms with Crippen molar-refractivity contribution in [2.45, 2.75) is 25.8 Å².